The van der Waals surface area contributed by atoms with Crippen molar-refractivity contribution in [2.75, 3.05) is 0 Å². The van der Waals surface area contributed by atoms with Crippen molar-refractivity contribution in [2.24, 2.45) is 0 Å². The molecule has 0 unspecified atom stereocenters. The molecule has 0 bridgehead atoms. The topological polar surface area (TPSA) is 66.0 Å². The van der Waals surface area contributed by atoms with Crippen molar-refractivity contribution in [1.29, 1.82) is 0 Å². The van der Waals surface area contributed by atoms with Crippen LogP contribution in [-0.4, -0.2) is 21.3 Å². The lowest BCUT2D eigenvalue weighted by atomic mass is 10.1. The fourth-order valence-electron chi connectivity index (χ4n) is 1.76. The Morgan fingerprint density at radius 1 is 1.25 bits per heavy atom. The standard InChI is InChI=1S/C13H11F3N2O2/c1-7-2-4-8(5-3-7)10-11(19)17-9(18-12(10)20)6-13(14,15)16/h2-5H,6H2,1H3,(H2,17,18,19,20). The number of hydrogen-bond acceptors (Lipinski definition) is 3. The fraction of sp³-hybridized carbons (Fsp3) is 0.231. The molecule has 2 N–H and O–H groups in total. The maximum absolute atomic E-state index is 12.2. The molecule has 2 rings (SSSR count). The van der Waals surface area contributed by atoms with Crippen molar-refractivity contribution < 1.29 is 18.3 Å². The first kappa shape index (κ1) is 14.1. The van der Waals surface area contributed by atoms with Crippen LogP contribution in [0.2, 0.25) is 0 Å². The lowest BCUT2D eigenvalue weighted by Gasteiger charge is -2.08. The molecule has 1 aromatic carbocycles. The summed E-state index contributed by atoms with van der Waals surface area (Å²) >= 11 is 0. The van der Waals surface area contributed by atoms with Gasteiger partial charge in [0.05, 0.1) is 0 Å². The van der Waals surface area contributed by atoms with Gasteiger partial charge in [-0.1, -0.05) is 29.8 Å². The van der Waals surface area contributed by atoms with Gasteiger partial charge < -0.3 is 10.1 Å². The molecule has 0 radical (unpaired) electrons. The van der Waals surface area contributed by atoms with Gasteiger partial charge in [-0.15, -0.1) is 0 Å². The van der Waals surface area contributed by atoms with Crippen LogP contribution < -0.4 is 5.56 Å². The minimum Gasteiger partial charge on any atom is -0.493 e. The van der Waals surface area contributed by atoms with Gasteiger partial charge in [0.25, 0.3) is 5.56 Å². The molecule has 0 aliphatic heterocycles. The largest absolute Gasteiger partial charge is 0.493 e. The Balaban J connectivity index is 2.47. The summed E-state index contributed by atoms with van der Waals surface area (Å²) in [5, 5.41) is 9.69. The van der Waals surface area contributed by atoms with Crippen LogP contribution >= 0.6 is 0 Å². The average molecular weight is 284 g/mol. The Morgan fingerprint density at radius 2 is 1.85 bits per heavy atom. The quantitative estimate of drug-likeness (QED) is 0.890. The van der Waals surface area contributed by atoms with Gasteiger partial charge in [-0.25, -0.2) is 0 Å². The van der Waals surface area contributed by atoms with Gasteiger partial charge in [-0.05, 0) is 12.5 Å². The zero-order chi connectivity index (χ0) is 14.9. The SMILES string of the molecule is Cc1ccc(-c2c(O)nc(CC(F)(F)F)[nH]c2=O)cc1. The second-order valence-electron chi connectivity index (χ2n) is 4.37. The van der Waals surface area contributed by atoms with Crippen LogP contribution in [0.25, 0.3) is 11.1 Å². The number of halogens is 3. The Hall–Kier alpha value is -2.31. The molecule has 0 atom stereocenters. The molecule has 0 aliphatic carbocycles. The summed E-state index contributed by atoms with van der Waals surface area (Å²) < 4.78 is 36.7. The van der Waals surface area contributed by atoms with E-state index in [1.165, 1.54) is 0 Å². The van der Waals surface area contributed by atoms with E-state index in [4.69, 9.17) is 0 Å². The maximum Gasteiger partial charge on any atom is 0.396 e. The van der Waals surface area contributed by atoms with Crippen molar-refractivity contribution in [3.63, 3.8) is 0 Å². The zero-order valence-electron chi connectivity index (χ0n) is 10.5. The van der Waals surface area contributed by atoms with Gasteiger partial charge in [0.15, 0.2) is 0 Å². The number of aromatic amines is 1. The van der Waals surface area contributed by atoms with E-state index in [-0.39, 0.29) is 5.56 Å². The molecule has 2 aromatic rings. The van der Waals surface area contributed by atoms with E-state index in [9.17, 15) is 23.1 Å². The lowest BCUT2D eigenvalue weighted by Crippen LogP contribution is -2.20. The van der Waals surface area contributed by atoms with Gasteiger partial charge >= 0.3 is 6.18 Å². The van der Waals surface area contributed by atoms with Crippen LogP contribution in [0.3, 0.4) is 0 Å². The van der Waals surface area contributed by atoms with Crippen LogP contribution in [0, 0.1) is 6.92 Å². The van der Waals surface area contributed by atoms with Crippen LogP contribution in [0.5, 0.6) is 5.88 Å². The summed E-state index contributed by atoms with van der Waals surface area (Å²) in [5.41, 5.74) is 0.392. The Bertz CT molecular complexity index is 675. The van der Waals surface area contributed by atoms with E-state index < -0.39 is 29.9 Å². The number of hydrogen-bond donors (Lipinski definition) is 2. The highest BCUT2D eigenvalue weighted by atomic mass is 19.4. The number of aromatic hydroxyl groups is 1. The normalized spacial score (nSPS) is 11.6. The molecule has 1 heterocycles. The first-order valence-electron chi connectivity index (χ1n) is 5.72. The molecule has 1 aromatic heterocycles. The molecule has 0 saturated carbocycles. The zero-order valence-corrected chi connectivity index (χ0v) is 10.5. The Labute approximate surface area is 111 Å². The number of H-pyrrole nitrogens is 1. The molecule has 20 heavy (non-hydrogen) atoms. The Kier molecular flexibility index (Phi) is 3.52. The van der Waals surface area contributed by atoms with E-state index in [0.29, 0.717) is 5.56 Å². The number of benzene rings is 1. The van der Waals surface area contributed by atoms with E-state index >= 15 is 0 Å². The monoisotopic (exact) mass is 284 g/mol. The molecule has 4 nitrogen and oxygen atoms in total. The summed E-state index contributed by atoms with van der Waals surface area (Å²) in [5.74, 6) is -1.33. The first-order valence-corrected chi connectivity index (χ1v) is 5.72. The smallest absolute Gasteiger partial charge is 0.396 e. The minimum absolute atomic E-state index is 0.143. The van der Waals surface area contributed by atoms with Crippen molar-refractivity contribution >= 4 is 0 Å². The summed E-state index contributed by atoms with van der Waals surface area (Å²) in [6.07, 6.45) is -5.91. The van der Waals surface area contributed by atoms with E-state index in [2.05, 4.69) is 4.98 Å². The van der Waals surface area contributed by atoms with Gasteiger partial charge in [0.2, 0.25) is 5.88 Å². The molecular weight excluding hydrogens is 273 g/mol. The molecule has 0 saturated heterocycles. The minimum atomic E-state index is -4.51. The molecule has 106 valence electrons. The summed E-state index contributed by atoms with van der Waals surface area (Å²) in [6.45, 7) is 1.85. The molecule has 0 fully saturated rings. The molecular formula is C13H11F3N2O2. The van der Waals surface area contributed by atoms with Gasteiger partial charge in [0.1, 0.15) is 17.8 Å². The van der Waals surface area contributed by atoms with E-state index in [1.54, 1.807) is 24.3 Å². The predicted octanol–water partition coefficient (Wildman–Crippen LogP) is 2.56. The third kappa shape index (κ3) is 3.17. The van der Waals surface area contributed by atoms with Crippen molar-refractivity contribution in [1.82, 2.24) is 9.97 Å². The average Bonchev–Trinajstić information content (AvgIpc) is 2.28. The number of nitrogens with one attached hydrogen (secondary N) is 1. The highest BCUT2D eigenvalue weighted by Gasteiger charge is 2.30. The number of alkyl halides is 3. The van der Waals surface area contributed by atoms with Crippen molar-refractivity contribution in [3.05, 3.63) is 46.0 Å². The number of rotatable bonds is 2. The molecule has 0 amide bonds. The molecule has 0 aliphatic rings. The fourth-order valence-corrected chi connectivity index (χ4v) is 1.76. The first-order chi connectivity index (χ1) is 9.26. The summed E-state index contributed by atoms with van der Waals surface area (Å²) in [6, 6.07) is 6.62. The van der Waals surface area contributed by atoms with E-state index in [1.807, 2.05) is 11.9 Å². The second-order valence-corrected chi connectivity index (χ2v) is 4.37. The third-order valence-electron chi connectivity index (χ3n) is 2.66. The molecule has 0 spiro atoms. The highest BCUT2D eigenvalue weighted by Crippen LogP contribution is 2.25. The van der Waals surface area contributed by atoms with Crippen LogP contribution in [0.1, 0.15) is 11.4 Å². The number of aromatic nitrogens is 2. The highest BCUT2D eigenvalue weighted by molar-refractivity contribution is 5.67. The van der Waals surface area contributed by atoms with Gasteiger partial charge in [-0.3, -0.25) is 4.79 Å². The number of nitrogens with zero attached hydrogens (tertiary/aromatic N) is 1. The van der Waals surface area contributed by atoms with Crippen LogP contribution in [0.4, 0.5) is 13.2 Å². The molecule has 7 heteroatoms. The van der Waals surface area contributed by atoms with Crippen molar-refractivity contribution in [3.8, 4) is 17.0 Å². The van der Waals surface area contributed by atoms with Crippen molar-refractivity contribution in [2.45, 2.75) is 19.5 Å². The van der Waals surface area contributed by atoms with Gasteiger partial charge in [0, 0.05) is 0 Å². The Morgan fingerprint density at radius 3 is 2.35 bits per heavy atom. The van der Waals surface area contributed by atoms with E-state index in [0.717, 1.165) is 5.56 Å². The maximum atomic E-state index is 12.2. The second kappa shape index (κ2) is 4.99. The van der Waals surface area contributed by atoms with Crippen LogP contribution in [-0.2, 0) is 6.42 Å². The summed E-state index contributed by atoms with van der Waals surface area (Å²) in [7, 11) is 0. The number of aryl methyl sites for hydroxylation is 1. The lowest BCUT2D eigenvalue weighted by molar-refractivity contribution is -0.128. The van der Waals surface area contributed by atoms with Crippen LogP contribution in [0.15, 0.2) is 29.1 Å². The van der Waals surface area contributed by atoms with Gasteiger partial charge in [-0.2, -0.15) is 18.2 Å². The third-order valence-corrected chi connectivity index (χ3v) is 2.66. The predicted molar refractivity (Wildman–Crippen MR) is 66.5 cm³/mol. The summed E-state index contributed by atoms with van der Waals surface area (Å²) in [4.78, 5) is 17.2.